The average molecular weight is 867 g/mol. The van der Waals surface area contributed by atoms with Gasteiger partial charge in [0.25, 0.3) is 0 Å². The van der Waals surface area contributed by atoms with E-state index in [1.165, 1.54) is 16.7 Å². The van der Waals surface area contributed by atoms with Gasteiger partial charge in [0, 0.05) is 50.2 Å². The molecule has 1 N–H and O–H groups in total. The second-order valence-corrected chi connectivity index (χ2v) is 16.9. The predicted octanol–water partition coefficient (Wildman–Crippen LogP) is 11.7. The Morgan fingerprint density at radius 1 is 0.615 bits per heavy atom. The number of phenols is 1. The summed E-state index contributed by atoms with van der Waals surface area (Å²) in [6.45, 7) is 22.1. The number of benzene rings is 4. The number of aromatic nitrogens is 4. The standard InChI is InChI=1S/C46H47N4O.Pt/c1-28-20-22-47-40-35(28)26-33(46(8,9)10)27-36(40)29-12-11-13-30(24-29)43-49-42-38(50(43)34-17-14-31(15-18-34)44(2,3)4)21-23-48-41(42)37-25-32(45(5,6)7)16-19-39(37)51;/h11-23,25-27,51H,1-10H3;/q-1;. The summed E-state index contributed by atoms with van der Waals surface area (Å²) < 4.78 is 2.19. The Bertz CT molecular complexity index is 2440. The Morgan fingerprint density at radius 3 is 1.90 bits per heavy atom. The molecular weight excluding hydrogens is 820 g/mol. The topological polar surface area (TPSA) is 63.8 Å². The molecule has 7 rings (SSSR count). The fourth-order valence-corrected chi connectivity index (χ4v) is 6.73. The zero-order valence-corrected chi connectivity index (χ0v) is 34.1. The van der Waals surface area contributed by atoms with E-state index in [9.17, 15) is 5.11 Å². The Morgan fingerprint density at radius 2 is 1.23 bits per heavy atom. The predicted molar refractivity (Wildman–Crippen MR) is 212 cm³/mol. The monoisotopic (exact) mass is 866 g/mol. The summed E-state index contributed by atoms with van der Waals surface area (Å²) in [5.74, 6) is 0.923. The number of fused-ring (bicyclic) bond motifs is 2. The maximum atomic E-state index is 11.2. The van der Waals surface area contributed by atoms with E-state index in [0.29, 0.717) is 16.8 Å². The second-order valence-electron chi connectivity index (χ2n) is 16.9. The van der Waals surface area contributed by atoms with Gasteiger partial charge in [-0.15, -0.1) is 29.8 Å². The molecule has 0 saturated carbocycles. The molecule has 52 heavy (non-hydrogen) atoms. The first-order valence-corrected chi connectivity index (χ1v) is 17.8. The van der Waals surface area contributed by atoms with Crippen molar-refractivity contribution in [3.8, 4) is 45.2 Å². The molecular formula is C46H47N4OPt-. The first-order chi connectivity index (χ1) is 24.0. The van der Waals surface area contributed by atoms with Crippen molar-refractivity contribution in [1.29, 1.82) is 0 Å². The van der Waals surface area contributed by atoms with Gasteiger partial charge in [0.05, 0.1) is 11.3 Å². The third-order valence-corrected chi connectivity index (χ3v) is 9.94. The number of nitrogens with zero attached hydrogens (tertiary/aromatic N) is 4. The molecule has 0 unspecified atom stereocenters. The summed E-state index contributed by atoms with van der Waals surface area (Å²) in [4.78, 5) is 15.1. The summed E-state index contributed by atoms with van der Waals surface area (Å²) in [6.07, 6.45) is 3.70. The number of imidazole rings is 1. The van der Waals surface area contributed by atoms with Crippen LogP contribution in [-0.2, 0) is 37.3 Å². The number of pyridine rings is 2. The molecule has 0 aliphatic carbocycles. The molecule has 4 aromatic carbocycles. The molecule has 0 amide bonds. The van der Waals surface area contributed by atoms with Crippen molar-refractivity contribution in [2.75, 3.05) is 0 Å². The zero-order valence-electron chi connectivity index (χ0n) is 31.8. The van der Waals surface area contributed by atoms with Crippen LogP contribution in [0.25, 0.3) is 61.4 Å². The van der Waals surface area contributed by atoms with Gasteiger partial charge in [0.2, 0.25) is 0 Å². The van der Waals surface area contributed by atoms with Crippen molar-refractivity contribution >= 4 is 21.9 Å². The van der Waals surface area contributed by atoms with Crippen LogP contribution >= 0.6 is 0 Å². The molecule has 6 heteroatoms. The van der Waals surface area contributed by atoms with E-state index in [1.807, 2.05) is 30.6 Å². The molecule has 3 heterocycles. The van der Waals surface area contributed by atoms with Crippen LogP contribution < -0.4 is 0 Å². The van der Waals surface area contributed by atoms with E-state index in [4.69, 9.17) is 15.0 Å². The smallest absolute Gasteiger partial charge is 0.125 e. The fraction of sp³-hybridized carbons (Fsp3) is 0.283. The summed E-state index contributed by atoms with van der Waals surface area (Å²) >= 11 is 0. The van der Waals surface area contributed by atoms with Crippen LogP contribution in [0.2, 0.25) is 0 Å². The van der Waals surface area contributed by atoms with Crippen LogP contribution in [-0.4, -0.2) is 24.6 Å². The maximum absolute atomic E-state index is 11.2. The molecule has 0 atom stereocenters. The molecule has 0 saturated heterocycles. The van der Waals surface area contributed by atoms with E-state index >= 15 is 0 Å². The van der Waals surface area contributed by atoms with E-state index in [1.54, 1.807) is 6.07 Å². The summed E-state index contributed by atoms with van der Waals surface area (Å²) in [5.41, 5.74) is 12.4. The number of hydrogen-bond donors (Lipinski definition) is 1. The van der Waals surface area contributed by atoms with E-state index in [2.05, 4.69) is 141 Å². The Balaban J connectivity index is 0.00000464. The van der Waals surface area contributed by atoms with Gasteiger partial charge in [-0.05, 0) is 87.2 Å². The fourth-order valence-electron chi connectivity index (χ4n) is 6.73. The van der Waals surface area contributed by atoms with Crippen LogP contribution in [0.1, 0.15) is 84.6 Å². The SMILES string of the molecule is Cc1ccnc2c(-c3[c-]c(-c4nc5c(-c6cc(C(C)(C)C)ccc6O)nccc5n4-c4ccc(C(C)(C)C)cc4)ccc3)cc(C(C)(C)C)cc12.[Pt]. The largest absolute Gasteiger partial charge is 0.507 e. The van der Waals surface area contributed by atoms with Crippen LogP contribution in [0, 0.1) is 13.0 Å². The van der Waals surface area contributed by atoms with E-state index in [0.717, 1.165) is 50.2 Å². The first-order valence-electron chi connectivity index (χ1n) is 17.8. The molecule has 0 aliphatic heterocycles. The van der Waals surface area contributed by atoms with Gasteiger partial charge in [0.1, 0.15) is 17.0 Å². The van der Waals surface area contributed by atoms with Crippen molar-refractivity contribution < 1.29 is 26.2 Å². The average Bonchev–Trinajstić information content (AvgIpc) is 3.47. The number of phenolic OH excluding ortho intramolecular Hbond substituents is 1. The van der Waals surface area contributed by atoms with Crippen LogP contribution in [0.15, 0.2) is 97.3 Å². The molecule has 7 aromatic rings. The number of aromatic hydroxyl groups is 1. The molecule has 0 radical (unpaired) electrons. The minimum Gasteiger partial charge on any atom is -0.507 e. The Hall–Kier alpha value is -4.60. The molecule has 3 aromatic heterocycles. The van der Waals surface area contributed by atoms with Gasteiger partial charge < -0.3 is 9.67 Å². The quantitative estimate of drug-likeness (QED) is 0.179. The van der Waals surface area contributed by atoms with E-state index in [-0.39, 0.29) is 43.1 Å². The third-order valence-electron chi connectivity index (χ3n) is 9.94. The van der Waals surface area contributed by atoms with Crippen LogP contribution in [0.5, 0.6) is 5.75 Å². The first kappa shape index (κ1) is 37.2. The van der Waals surface area contributed by atoms with Gasteiger partial charge in [-0.25, -0.2) is 0 Å². The van der Waals surface area contributed by atoms with Crippen LogP contribution in [0.4, 0.5) is 0 Å². The molecule has 0 bridgehead atoms. The Labute approximate surface area is 322 Å². The minimum atomic E-state index is -0.104. The van der Waals surface area contributed by atoms with Crippen molar-refractivity contribution in [3.05, 3.63) is 126 Å². The summed E-state index contributed by atoms with van der Waals surface area (Å²) in [6, 6.07) is 33.2. The van der Waals surface area contributed by atoms with Crippen molar-refractivity contribution in [2.24, 2.45) is 0 Å². The number of hydrogen-bond acceptors (Lipinski definition) is 4. The van der Waals surface area contributed by atoms with Gasteiger partial charge in [0.15, 0.2) is 0 Å². The van der Waals surface area contributed by atoms with Crippen molar-refractivity contribution in [3.63, 3.8) is 0 Å². The third kappa shape index (κ3) is 6.84. The number of aryl methyl sites for hydroxylation is 1. The normalized spacial score (nSPS) is 12.3. The van der Waals surface area contributed by atoms with Gasteiger partial charge >= 0.3 is 0 Å². The van der Waals surface area contributed by atoms with Gasteiger partial charge in [-0.2, -0.15) is 0 Å². The summed E-state index contributed by atoms with van der Waals surface area (Å²) in [7, 11) is 0. The van der Waals surface area contributed by atoms with Crippen molar-refractivity contribution in [1.82, 2.24) is 19.5 Å². The zero-order chi connectivity index (χ0) is 36.5. The number of rotatable bonds is 4. The van der Waals surface area contributed by atoms with E-state index < -0.39 is 0 Å². The maximum Gasteiger partial charge on any atom is 0.125 e. The van der Waals surface area contributed by atoms with Crippen LogP contribution in [0.3, 0.4) is 0 Å². The molecule has 0 fully saturated rings. The molecule has 5 nitrogen and oxygen atoms in total. The van der Waals surface area contributed by atoms with Gasteiger partial charge in [-0.3, -0.25) is 15.0 Å². The second kappa shape index (κ2) is 13.4. The molecule has 0 spiro atoms. The van der Waals surface area contributed by atoms with Crippen molar-refractivity contribution in [2.45, 2.75) is 85.5 Å². The summed E-state index contributed by atoms with van der Waals surface area (Å²) in [5, 5.41) is 12.3. The minimum absolute atomic E-state index is 0. The molecule has 268 valence electrons. The van der Waals surface area contributed by atoms with Gasteiger partial charge in [-0.1, -0.05) is 104 Å². The Kier molecular flexibility index (Phi) is 9.59. The molecule has 0 aliphatic rings.